The number of aromatic nitrogens is 2. The second-order valence-electron chi connectivity index (χ2n) is 7.31. The maximum Gasteiger partial charge on any atom is 0.231 e. The number of rotatable bonds is 4. The Morgan fingerprint density at radius 1 is 1.03 bits per heavy atom. The number of nitrogens with two attached hydrogens (primary N) is 1. The molecule has 33 heavy (non-hydrogen) atoms. The molecule has 9 heteroatoms. The fourth-order valence-corrected chi connectivity index (χ4v) is 4.05. The van der Waals surface area contributed by atoms with Crippen molar-refractivity contribution in [3.8, 4) is 34.6 Å². The number of benzene rings is 2. The smallest absolute Gasteiger partial charge is 0.231 e. The molecule has 0 bridgehead atoms. The highest BCUT2D eigenvalue weighted by molar-refractivity contribution is 6.18. The molecule has 3 heterocycles. The number of anilines is 1. The molecule has 0 amide bonds. The molecule has 0 radical (unpaired) electrons. The van der Waals surface area contributed by atoms with Crippen LogP contribution in [0.5, 0.6) is 17.2 Å². The monoisotopic (exact) mass is 442 g/mol. The number of nitrogen functional groups attached to an aromatic ring is 1. The van der Waals surface area contributed by atoms with Crippen LogP contribution in [0, 0.1) is 11.3 Å². The molecule has 9 nitrogen and oxygen atoms in total. The zero-order valence-corrected chi connectivity index (χ0v) is 18.0. The first-order chi connectivity index (χ1) is 16.0. The van der Waals surface area contributed by atoms with E-state index in [0.717, 1.165) is 10.9 Å². The minimum atomic E-state index is -0.192. The van der Waals surface area contributed by atoms with Gasteiger partial charge in [0.05, 0.1) is 32.2 Å². The predicted octanol–water partition coefficient (Wildman–Crippen LogP) is 3.97. The highest BCUT2D eigenvalue weighted by Gasteiger charge is 2.20. The summed E-state index contributed by atoms with van der Waals surface area (Å²) in [6.07, 6.45) is 0. The van der Waals surface area contributed by atoms with Gasteiger partial charge < -0.3 is 29.3 Å². The molecule has 0 aliphatic carbocycles. The van der Waals surface area contributed by atoms with Gasteiger partial charge in [0.15, 0.2) is 16.9 Å². The fraction of sp³-hybridized carbons (Fsp3) is 0.125. The maximum atomic E-state index is 11.9. The van der Waals surface area contributed by atoms with E-state index in [-0.39, 0.29) is 22.5 Å². The van der Waals surface area contributed by atoms with Crippen LogP contribution in [-0.4, -0.2) is 31.3 Å². The summed E-state index contributed by atoms with van der Waals surface area (Å²) in [7, 11) is 4.61. The summed E-state index contributed by atoms with van der Waals surface area (Å²) < 4.78 is 22.3. The van der Waals surface area contributed by atoms with Crippen molar-refractivity contribution < 1.29 is 18.6 Å². The van der Waals surface area contributed by atoms with E-state index < -0.39 is 0 Å². The van der Waals surface area contributed by atoms with Crippen LogP contribution in [0.4, 0.5) is 5.82 Å². The van der Waals surface area contributed by atoms with Crippen molar-refractivity contribution in [2.75, 3.05) is 27.1 Å². The molecule has 3 aromatic heterocycles. The molecule has 2 aromatic carbocycles. The number of nitrogens with zero attached hydrogens (tertiary/aromatic N) is 2. The van der Waals surface area contributed by atoms with E-state index in [0.29, 0.717) is 44.8 Å². The van der Waals surface area contributed by atoms with Crippen molar-refractivity contribution in [3.63, 3.8) is 0 Å². The number of H-pyrrole nitrogens is 1. The summed E-state index contributed by atoms with van der Waals surface area (Å²) in [5.74, 6) is 1.43. The van der Waals surface area contributed by atoms with E-state index in [1.807, 2.05) is 6.07 Å². The van der Waals surface area contributed by atoms with E-state index >= 15 is 0 Å². The van der Waals surface area contributed by atoms with Gasteiger partial charge in [0.25, 0.3) is 0 Å². The normalized spacial score (nSPS) is 11.1. The summed E-state index contributed by atoms with van der Waals surface area (Å²) in [6.45, 7) is 0. The standard InChI is InChI=1S/C24H18N4O5/c1-30-18-6-11(7-19(31-2)22(18)32-3)16-9-14-13-5-4-12(29)8-17(13)33-24-20(14)21(27-16)15(10-25)23(26)28-24/h4-9,27H,1-3H3,(H2,26,28). The Kier molecular flexibility index (Phi) is 4.57. The number of hydrogen-bond donors (Lipinski definition) is 2. The van der Waals surface area contributed by atoms with Crippen molar-refractivity contribution in [2.24, 2.45) is 0 Å². The van der Waals surface area contributed by atoms with Gasteiger partial charge in [0.2, 0.25) is 11.5 Å². The summed E-state index contributed by atoms with van der Waals surface area (Å²) in [4.78, 5) is 19.5. The number of ether oxygens (including phenoxy) is 3. The van der Waals surface area contributed by atoms with Crippen LogP contribution in [0.1, 0.15) is 5.56 Å². The van der Waals surface area contributed by atoms with Crippen molar-refractivity contribution in [2.45, 2.75) is 0 Å². The van der Waals surface area contributed by atoms with Crippen molar-refractivity contribution >= 4 is 38.8 Å². The highest BCUT2D eigenvalue weighted by Crippen LogP contribution is 2.42. The lowest BCUT2D eigenvalue weighted by atomic mass is 10.0. The second-order valence-corrected chi connectivity index (χ2v) is 7.31. The van der Waals surface area contributed by atoms with Gasteiger partial charge in [0, 0.05) is 28.1 Å². The number of nitriles is 1. The molecule has 0 aliphatic rings. The zero-order valence-electron chi connectivity index (χ0n) is 18.0. The number of nitrogens with one attached hydrogen (secondary N) is 1. The lowest BCUT2D eigenvalue weighted by Crippen LogP contribution is -2.02. The molecule has 0 aliphatic heterocycles. The summed E-state index contributed by atoms with van der Waals surface area (Å²) in [6, 6.07) is 12.2. The van der Waals surface area contributed by atoms with Crippen LogP contribution >= 0.6 is 0 Å². The first-order valence-corrected chi connectivity index (χ1v) is 9.88. The largest absolute Gasteiger partial charge is 0.493 e. The molecular formula is C24H18N4O5. The zero-order chi connectivity index (χ0) is 23.3. The summed E-state index contributed by atoms with van der Waals surface area (Å²) in [5.41, 5.74) is 8.50. The van der Waals surface area contributed by atoms with Crippen molar-refractivity contribution in [1.29, 1.82) is 5.26 Å². The van der Waals surface area contributed by atoms with Gasteiger partial charge in [-0.1, -0.05) is 0 Å². The third-order valence-electron chi connectivity index (χ3n) is 5.55. The Morgan fingerprint density at radius 2 is 1.76 bits per heavy atom. The average molecular weight is 442 g/mol. The highest BCUT2D eigenvalue weighted by atomic mass is 16.5. The number of methoxy groups -OCH3 is 3. The van der Waals surface area contributed by atoms with Crippen molar-refractivity contribution in [1.82, 2.24) is 9.97 Å². The first-order valence-electron chi connectivity index (χ1n) is 9.88. The molecule has 0 saturated carbocycles. The fourth-order valence-electron chi connectivity index (χ4n) is 4.05. The average Bonchev–Trinajstić information content (AvgIpc) is 2.82. The van der Waals surface area contributed by atoms with Crippen LogP contribution in [0.2, 0.25) is 0 Å². The molecule has 5 aromatic rings. The molecule has 0 saturated heterocycles. The van der Waals surface area contributed by atoms with Gasteiger partial charge >= 0.3 is 0 Å². The van der Waals surface area contributed by atoms with Crippen LogP contribution < -0.4 is 25.4 Å². The molecule has 0 unspecified atom stereocenters. The van der Waals surface area contributed by atoms with Gasteiger partial charge in [-0.2, -0.15) is 10.2 Å². The summed E-state index contributed by atoms with van der Waals surface area (Å²) in [5, 5.41) is 11.8. The third-order valence-corrected chi connectivity index (χ3v) is 5.55. The lowest BCUT2D eigenvalue weighted by Gasteiger charge is -2.16. The van der Waals surface area contributed by atoms with E-state index in [9.17, 15) is 10.1 Å². The SMILES string of the molecule is COc1cc(-c2cc3c4ccc(=O)cc4oc4nc(N)c(C#N)c([nH]2)c43)cc(OC)c1OC. The molecule has 0 spiro atoms. The Labute approximate surface area is 186 Å². The molecule has 3 N–H and O–H groups in total. The van der Waals surface area contributed by atoms with Crippen LogP contribution in [0.15, 0.2) is 45.6 Å². The number of aromatic amines is 1. The Balaban J connectivity index is 1.96. The quantitative estimate of drug-likeness (QED) is 0.315. The number of pyridine rings is 2. The maximum absolute atomic E-state index is 11.9. The van der Waals surface area contributed by atoms with Gasteiger partial charge in [0.1, 0.15) is 23.0 Å². The van der Waals surface area contributed by atoms with E-state index in [4.69, 9.17) is 24.4 Å². The molecule has 5 rings (SSSR count). The summed E-state index contributed by atoms with van der Waals surface area (Å²) >= 11 is 0. The first kappa shape index (κ1) is 20.2. The van der Waals surface area contributed by atoms with Crippen LogP contribution in [0.3, 0.4) is 0 Å². The van der Waals surface area contributed by atoms with Crippen LogP contribution in [0.25, 0.3) is 44.2 Å². The van der Waals surface area contributed by atoms with Crippen LogP contribution in [-0.2, 0) is 0 Å². The second kappa shape index (κ2) is 7.46. The van der Waals surface area contributed by atoms with Crippen molar-refractivity contribution in [3.05, 3.63) is 52.2 Å². The van der Waals surface area contributed by atoms with Gasteiger partial charge in [-0.15, -0.1) is 0 Å². The van der Waals surface area contributed by atoms with E-state index in [1.54, 1.807) is 18.2 Å². The van der Waals surface area contributed by atoms with Gasteiger partial charge in [-0.05, 0) is 30.3 Å². The minimum Gasteiger partial charge on any atom is -0.493 e. The molecule has 0 fully saturated rings. The Hall–Kier alpha value is -4.71. The van der Waals surface area contributed by atoms with Gasteiger partial charge in [-0.3, -0.25) is 4.79 Å². The third kappa shape index (κ3) is 3.00. The van der Waals surface area contributed by atoms with Gasteiger partial charge in [-0.25, -0.2) is 0 Å². The lowest BCUT2D eigenvalue weighted by molar-refractivity contribution is 0.324. The number of hydrogen-bond acceptors (Lipinski definition) is 8. The minimum absolute atomic E-state index is 0.0194. The predicted molar refractivity (Wildman–Crippen MR) is 124 cm³/mol. The topological polar surface area (TPSA) is 136 Å². The Bertz CT molecular complexity index is 1650. The number of fused-ring (bicyclic) bond motifs is 2. The van der Waals surface area contributed by atoms with E-state index in [2.05, 4.69) is 16.0 Å². The molecular weight excluding hydrogens is 424 g/mol. The molecule has 0 atom stereocenters. The Morgan fingerprint density at radius 3 is 2.39 bits per heavy atom. The van der Waals surface area contributed by atoms with E-state index in [1.165, 1.54) is 33.5 Å². The molecule has 164 valence electrons.